The summed E-state index contributed by atoms with van der Waals surface area (Å²) >= 11 is 0. The lowest BCUT2D eigenvalue weighted by Crippen LogP contribution is -2.39. The van der Waals surface area contributed by atoms with Crippen molar-refractivity contribution in [2.24, 2.45) is 23.2 Å². The van der Waals surface area contributed by atoms with Crippen LogP contribution in [0.25, 0.3) is 0 Å². The first kappa shape index (κ1) is 12.0. The molecule has 2 saturated carbocycles. The summed E-state index contributed by atoms with van der Waals surface area (Å²) in [5.74, 6) is 0.454. The summed E-state index contributed by atoms with van der Waals surface area (Å²) in [7, 11) is 0. The first-order valence-corrected chi connectivity index (χ1v) is 6.85. The predicted molar refractivity (Wildman–Crippen MR) is 63.5 cm³/mol. The third-order valence-corrected chi connectivity index (χ3v) is 5.09. The summed E-state index contributed by atoms with van der Waals surface area (Å²) in [5, 5.41) is 0. The average molecular weight is 252 g/mol. The van der Waals surface area contributed by atoms with Gasteiger partial charge in [0.2, 0.25) is 0 Å². The molecule has 3 rings (SSSR count). The van der Waals surface area contributed by atoms with Crippen molar-refractivity contribution in [3.8, 4) is 0 Å². The first-order valence-electron chi connectivity index (χ1n) is 6.85. The van der Waals surface area contributed by atoms with Crippen molar-refractivity contribution >= 4 is 11.9 Å². The van der Waals surface area contributed by atoms with Crippen molar-refractivity contribution in [3.63, 3.8) is 0 Å². The van der Waals surface area contributed by atoms with Crippen LogP contribution in [0.2, 0.25) is 0 Å². The van der Waals surface area contributed by atoms with Gasteiger partial charge in [-0.15, -0.1) is 0 Å². The van der Waals surface area contributed by atoms with Gasteiger partial charge >= 0.3 is 11.9 Å². The van der Waals surface area contributed by atoms with Crippen LogP contribution in [-0.2, 0) is 19.1 Å². The third kappa shape index (κ3) is 1.50. The Morgan fingerprint density at radius 2 is 2.17 bits per heavy atom. The molecule has 0 aromatic rings. The molecule has 4 heteroatoms. The Hall–Kier alpha value is -1.06. The van der Waals surface area contributed by atoms with Gasteiger partial charge in [0, 0.05) is 11.8 Å². The monoisotopic (exact) mass is 252 g/mol. The van der Waals surface area contributed by atoms with Crippen LogP contribution in [0, 0.1) is 23.2 Å². The normalized spacial score (nSPS) is 41.1. The zero-order valence-electron chi connectivity index (χ0n) is 11.1. The lowest BCUT2D eigenvalue weighted by atomic mass is 9.87. The lowest BCUT2D eigenvalue weighted by Gasteiger charge is -2.29. The topological polar surface area (TPSA) is 52.6 Å². The minimum atomic E-state index is -0.455. The van der Waals surface area contributed by atoms with Crippen LogP contribution in [0.4, 0.5) is 0 Å². The number of carbonyl (C=O) groups excluding carboxylic acids is 2. The van der Waals surface area contributed by atoms with Crippen LogP contribution in [0.5, 0.6) is 0 Å². The summed E-state index contributed by atoms with van der Waals surface area (Å²) in [5.41, 5.74) is -0.455. The molecule has 0 amide bonds. The van der Waals surface area contributed by atoms with Gasteiger partial charge < -0.3 is 9.47 Å². The maximum atomic E-state index is 12.1. The third-order valence-electron chi connectivity index (χ3n) is 5.09. The van der Waals surface area contributed by atoms with E-state index < -0.39 is 5.41 Å². The van der Waals surface area contributed by atoms with Crippen LogP contribution in [0.15, 0.2) is 0 Å². The smallest absolute Gasteiger partial charge is 0.311 e. The molecule has 3 aliphatic rings. The average Bonchev–Trinajstić information content (AvgIpc) is 2.93. The number of esters is 2. The molecule has 2 bridgehead atoms. The molecule has 2 aliphatic carbocycles. The molecule has 100 valence electrons. The number of carbonyl (C=O) groups is 2. The maximum Gasteiger partial charge on any atom is 0.311 e. The van der Waals surface area contributed by atoms with Crippen molar-refractivity contribution in [1.82, 2.24) is 0 Å². The SMILES string of the molecule is CCC(C)(C)C(=O)OC1C2CC3C(=O)OC1C3C2. The fourth-order valence-corrected chi connectivity index (χ4v) is 3.49. The van der Waals surface area contributed by atoms with Crippen molar-refractivity contribution in [2.45, 2.75) is 52.2 Å². The van der Waals surface area contributed by atoms with Crippen LogP contribution in [-0.4, -0.2) is 24.1 Å². The molecule has 1 heterocycles. The number of fused-ring (bicyclic) bond motifs is 1. The zero-order chi connectivity index (χ0) is 13.1. The number of hydrogen-bond donors (Lipinski definition) is 0. The number of ether oxygens (including phenoxy) is 2. The Balaban J connectivity index is 1.73. The van der Waals surface area contributed by atoms with E-state index in [0.717, 1.165) is 19.3 Å². The molecule has 0 spiro atoms. The highest BCUT2D eigenvalue weighted by molar-refractivity contribution is 5.78. The zero-order valence-corrected chi connectivity index (χ0v) is 11.1. The van der Waals surface area contributed by atoms with Gasteiger partial charge in [-0.1, -0.05) is 6.92 Å². The Labute approximate surface area is 107 Å². The minimum Gasteiger partial charge on any atom is -0.458 e. The molecule has 0 aromatic heterocycles. The molecule has 5 atom stereocenters. The second-order valence-electron chi connectivity index (χ2n) is 6.51. The van der Waals surface area contributed by atoms with E-state index in [9.17, 15) is 9.59 Å². The minimum absolute atomic E-state index is 0.0779. The predicted octanol–water partition coefficient (Wildman–Crippen LogP) is 1.92. The Kier molecular flexibility index (Phi) is 2.48. The van der Waals surface area contributed by atoms with Crippen molar-refractivity contribution < 1.29 is 19.1 Å². The lowest BCUT2D eigenvalue weighted by molar-refractivity contribution is -0.170. The second kappa shape index (κ2) is 3.72. The molecule has 1 aliphatic heterocycles. The largest absolute Gasteiger partial charge is 0.458 e. The number of hydrogen-bond acceptors (Lipinski definition) is 4. The van der Waals surface area contributed by atoms with E-state index in [1.165, 1.54) is 0 Å². The quantitative estimate of drug-likeness (QED) is 0.720. The molecule has 4 nitrogen and oxygen atoms in total. The fourth-order valence-electron chi connectivity index (χ4n) is 3.49. The molecule has 0 aromatic carbocycles. The summed E-state index contributed by atoms with van der Waals surface area (Å²) in [6.07, 6.45) is 2.20. The van der Waals surface area contributed by atoms with Crippen LogP contribution < -0.4 is 0 Å². The highest BCUT2D eigenvalue weighted by atomic mass is 16.6. The van der Waals surface area contributed by atoms with E-state index in [0.29, 0.717) is 11.8 Å². The summed E-state index contributed by atoms with van der Waals surface area (Å²) in [6, 6.07) is 0. The van der Waals surface area contributed by atoms with E-state index in [1.54, 1.807) is 0 Å². The van der Waals surface area contributed by atoms with Gasteiger partial charge in [-0.3, -0.25) is 9.59 Å². The molecule has 1 saturated heterocycles. The van der Waals surface area contributed by atoms with E-state index in [4.69, 9.17) is 9.47 Å². The molecule has 18 heavy (non-hydrogen) atoms. The van der Waals surface area contributed by atoms with E-state index in [1.807, 2.05) is 20.8 Å². The first-order chi connectivity index (χ1) is 8.44. The summed E-state index contributed by atoms with van der Waals surface area (Å²) in [4.78, 5) is 23.7. The van der Waals surface area contributed by atoms with E-state index in [2.05, 4.69) is 0 Å². The highest BCUT2D eigenvalue weighted by Gasteiger charge is 2.63. The van der Waals surface area contributed by atoms with E-state index >= 15 is 0 Å². The summed E-state index contributed by atoms with van der Waals surface area (Å²) in [6.45, 7) is 5.77. The van der Waals surface area contributed by atoms with Gasteiger partial charge in [0.05, 0.1) is 11.3 Å². The van der Waals surface area contributed by atoms with Gasteiger partial charge in [0.25, 0.3) is 0 Å². The van der Waals surface area contributed by atoms with Gasteiger partial charge in [-0.25, -0.2) is 0 Å². The maximum absolute atomic E-state index is 12.1. The van der Waals surface area contributed by atoms with Gasteiger partial charge in [0.15, 0.2) is 0 Å². The molecule has 0 radical (unpaired) electrons. The molecule has 3 fully saturated rings. The second-order valence-corrected chi connectivity index (χ2v) is 6.51. The molecule has 5 unspecified atom stereocenters. The molecular weight excluding hydrogens is 232 g/mol. The van der Waals surface area contributed by atoms with Crippen LogP contribution >= 0.6 is 0 Å². The Morgan fingerprint density at radius 3 is 2.83 bits per heavy atom. The van der Waals surface area contributed by atoms with Gasteiger partial charge in [0.1, 0.15) is 12.2 Å². The van der Waals surface area contributed by atoms with Crippen molar-refractivity contribution in [3.05, 3.63) is 0 Å². The van der Waals surface area contributed by atoms with Crippen molar-refractivity contribution in [1.29, 1.82) is 0 Å². The Morgan fingerprint density at radius 1 is 1.44 bits per heavy atom. The molecular formula is C14H20O4. The highest BCUT2D eigenvalue weighted by Crippen LogP contribution is 2.55. The van der Waals surface area contributed by atoms with Crippen LogP contribution in [0.1, 0.15) is 40.0 Å². The fraction of sp³-hybridized carbons (Fsp3) is 0.857. The van der Waals surface area contributed by atoms with Gasteiger partial charge in [-0.2, -0.15) is 0 Å². The molecule has 0 N–H and O–H groups in total. The van der Waals surface area contributed by atoms with E-state index in [-0.39, 0.29) is 30.1 Å². The summed E-state index contributed by atoms with van der Waals surface area (Å²) < 4.78 is 11.0. The van der Waals surface area contributed by atoms with Crippen molar-refractivity contribution in [2.75, 3.05) is 0 Å². The van der Waals surface area contributed by atoms with Gasteiger partial charge in [-0.05, 0) is 33.1 Å². The van der Waals surface area contributed by atoms with Crippen LogP contribution in [0.3, 0.4) is 0 Å². The standard InChI is InChI=1S/C14H20O4/c1-4-14(2,3)13(16)18-10-7-5-8-9(6-7)12(15)17-11(8)10/h7-11H,4-6H2,1-3H3. The number of rotatable bonds is 3. The Bertz CT molecular complexity index is 401.